The molecular formula is C22H22ClN3O3S. The second-order valence-electron chi connectivity index (χ2n) is 7.62. The lowest BCUT2D eigenvalue weighted by atomic mass is 10.1. The Morgan fingerprint density at radius 1 is 1.07 bits per heavy atom. The number of nitrogens with zero attached hydrogens (tertiary/aromatic N) is 2. The van der Waals surface area contributed by atoms with E-state index in [1.54, 1.807) is 18.3 Å². The molecule has 30 heavy (non-hydrogen) atoms. The van der Waals surface area contributed by atoms with E-state index >= 15 is 0 Å². The van der Waals surface area contributed by atoms with Crippen LogP contribution in [0.1, 0.15) is 29.5 Å². The molecule has 4 rings (SSSR count). The van der Waals surface area contributed by atoms with Gasteiger partial charge in [-0.15, -0.1) is 0 Å². The van der Waals surface area contributed by atoms with Crippen molar-refractivity contribution in [2.24, 2.45) is 0 Å². The first-order chi connectivity index (χ1) is 14.2. The quantitative estimate of drug-likeness (QED) is 0.582. The van der Waals surface area contributed by atoms with Crippen molar-refractivity contribution >= 4 is 21.6 Å². The van der Waals surface area contributed by atoms with Crippen LogP contribution in [0.2, 0.25) is 5.02 Å². The van der Waals surface area contributed by atoms with Crippen LogP contribution in [0.15, 0.2) is 47.6 Å². The maximum Gasteiger partial charge on any atom is 0.246 e. The Balaban J connectivity index is 1.83. The number of ether oxygens (including phenoxy) is 1. The average Bonchev–Trinajstić information content (AvgIpc) is 3.47. The number of sulfonamides is 1. The van der Waals surface area contributed by atoms with Gasteiger partial charge in [0.2, 0.25) is 15.9 Å². The van der Waals surface area contributed by atoms with Crippen LogP contribution in [-0.2, 0) is 10.0 Å². The molecule has 0 spiro atoms. The molecule has 2 aromatic heterocycles. The summed E-state index contributed by atoms with van der Waals surface area (Å²) in [5.41, 5.74) is 4.11. The number of aromatic nitrogens is 2. The van der Waals surface area contributed by atoms with Gasteiger partial charge < -0.3 is 4.74 Å². The number of pyridine rings is 2. The number of nitrogens with one attached hydrogen (secondary N) is 1. The van der Waals surface area contributed by atoms with Gasteiger partial charge in [-0.25, -0.2) is 18.1 Å². The molecule has 8 heteroatoms. The Labute approximate surface area is 181 Å². The first-order valence-corrected chi connectivity index (χ1v) is 11.5. The summed E-state index contributed by atoms with van der Waals surface area (Å²) in [6.45, 7) is 5.86. The van der Waals surface area contributed by atoms with Crippen molar-refractivity contribution in [1.82, 2.24) is 14.7 Å². The van der Waals surface area contributed by atoms with E-state index in [4.69, 9.17) is 16.3 Å². The Morgan fingerprint density at radius 2 is 1.77 bits per heavy atom. The van der Waals surface area contributed by atoms with Crippen LogP contribution in [0.5, 0.6) is 11.6 Å². The van der Waals surface area contributed by atoms with E-state index in [9.17, 15) is 8.42 Å². The molecule has 1 aliphatic carbocycles. The number of halogens is 1. The molecule has 0 unspecified atom stereocenters. The van der Waals surface area contributed by atoms with Gasteiger partial charge in [-0.3, -0.25) is 4.98 Å². The summed E-state index contributed by atoms with van der Waals surface area (Å²) in [6.07, 6.45) is 4.83. The lowest BCUT2D eigenvalue weighted by Gasteiger charge is -2.16. The normalized spacial score (nSPS) is 14.0. The van der Waals surface area contributed by atoms with E-state index in [0.717, 1.165) is 29.5 Å². The third kappa shape index (κ3) is 4.48. The summed E-state index contributed by atoms with van der Waals surface area (Å²) in [6, 6.07) is 8.83. The molecule has 3 aromatic rings. The van der Waals surface area contributed by atoms with Crippen LogP contribution in [0.3, 0.4) is 0 Å². The molecule has 0 atom stereocenters. The maximum atomic E-state index is 13.0. The standard InChI is InChI=1S/C22H22ClN3O3S/c1-13-8-14(2)21(15(3)9-13)29-22-20(30(27,28)26-18-4-5-18)7-6-19(25-22)16-10-17(23)12-24-11-16/h6-12,18,26H,4-5H2,1-3H3. The first-order valence-electron chi connectivity index (χ1n) is 9.63. The molecule has 0 aliphatic heterocycles. The predicted octanol–water partition coefficient (Wildman–Crippen LogP) is 4.96. The van der Waals surface area contributed by atoms with Crippen molar-refractivity contribution in [2.45, 2.75) is 44.6 Å². The molecule has 1 aromatic carbocycles. The molecular weight excluding hydrogens is 422 g/mol. The Hall–Kier alpha value is -2.48. The van der Waals surface area contributed by atoms with Crippen molar-refractivity contribution < 1.29 is 13.2 Å². The molecule has 6 nitrogen and oxygen atoms in total. The lowest BCUT2D eigenvalue weighted by Crippen LogP contribution is -2.26. The van der Waals surface area contributed by atoms with Crippen molar-refractivity contribution in [1.29, 1.82) is 0 Å². The maximum absolute atomic E-state index is 13.0. The highest BCUT2D eigenvalue weighted by Crippen LogP contribution is 2.35. The lowest BCUT2D eigenvalue weighted by molar-refractivity contribution is 0.440. The number of hydrogen-bond acceptors (Lipinski definition) is 5. The van der Waals surface area contributed by atoms with Gasteiger partial charge in [-0.2, -0.15) is 0 Å². The topological polar surface area (TPSA) is 81.2 Å². The van der Waals surface area contributed by atoms with Gasteiger partial charge in [0, 0.05) is 24.0 Å². The Bertz CT molecular complexity index is 1200. The zero-order chi connectivity index (χ0) is 21.5. The summed E-state index contributed by atoms with van der Waals surface area (Å²) in [4.78, 5) is 8.63. The van der Waals surface area contributed by atoms with Crippen LogP contribution in [0.4, 0.5) is 0 Å². The summed E-state index contributed by atoms with van der Waals surface area (Å²) >= 11 is 6.06. The fraction of sp³-hybridized carbons (Fsp3) is 0.273. The minimum Gasteiger partial charge on any atom is -0.437 e. The fourth-order valence-corrected chi connectivity index (χ4v) is 4.87. The van der Waals surface area contributed by atoms with Gasteiger partial charge in [0.05, 0.1) is 10.7 Å². The van der Waals surface area contributed by atoms with Crippen molar-refractivity contribution in [3.63, 3.8) is 0 Å². The molecule has 0 saturated heterocycles. The van der Waals surface area contributed by atoms with Gasteiger partial charge in [0.15, 0.2) is 0 Å². The summed E-state index contributed by atoms with van der Waals surface area (Å²) < 4.78 is 34.7. The summed E-state index contributed by atoms with van der Waals surface area (Å²) in [5, 5.41) is 0.467. The van der Waals surface area contributed by atoms with Crippen molar-refractivity contribution in [2.75, 3.05) is 0 Å². The van der Waals surface area contributed by atoms with Gasteiger partial charge >= 0.3 is 0 Å². The highest BCUT2D eigenvalue weighted by atomic mass is 35.5. The highest BCUT2D eigenvalue weighted by Gasteiger charge is 2.31. The number of hydrogen-bond donors (Lipinski definition) is 1. The van der Waals surface area contributed by atoms with E-state index in [-0.39, 0.29) is 16.8 Å². The molecule has 1 saturated carbocycles. The summed E-state index contributed by atoms with van der Waals surface area (Å²) in [7, 11) is -3.77. The third-order valence-corrected chi connectivity index (χ3v) is 6.56. The molecule has 0 radical (unpaired) electrons. The third-order valence-electron chi connectivity index (χ3n) is 4.82. The predicted molar refractivity (Wildman–Crippen MR) is 117 cm³/mol. The van der Waals surface area contributed by atoms with Crippen LogP contribution >= 0.6 is 11.6 Å². The van der Waals surface area contributed by atoms with E-state index in [2.05, 4.69) is 14.7 Å². The Morgan fingerprint density at radius 3 is 2.40 bits per heavy atom. The second kappa shape index (κ2) is 7.98. The second-order valence-corrected chi connectivity index (χ2v) is 9.74. The number of aryl methyl sites for hydroxylation is 3. The molecule has 1 N–H and O–H groups in total. The van der Waals surface area contributed by atoms with Crippen molar-refractivity contribution in [3.8, 4) is 22.9 Å². The molecule has 1 aliphatic rings. The molecule has 0 amide bonds. The summed E-state index contributed by atoms with van der Waals surface area (Å²) in [5.74, 6) is 0.619. The van der Waals surface area contributed by atoms with Gasteiger partial charge in [-0.1, -0.05) is 29.3 Å². The van der Waals surface area contributed by atoms with Crippen LogP contribution < -0.4 is 9.46 Å². The molecule has 1 fully saturated rings. The Kier molecular flexibility index (Phi) is 5.53. The van der Waals surface area contributed by atoms with Gasteiger partial charge in [-0.05, 0) is 62.9 Å². The average molecular weight is 444 g/mol. The van der Waals surface area contributed by atoms with E-state index in [0.29, 0.717) is 22.0 Å². The highest BCUT2D eigenvalue weighted by molar-refractivity contribution is 7.89. The molecule has 0 bridgehead atoms. The van der Waals surface area contributed by atoms with Crippen LogP contribution in [0.25, 0.3) is 11.3 Å². The molecule has 2 heterocycles. The van der Waals surface area contributed by atoms with Crippen molar-refractivity contribution in [3.05, 3.63) is 64.4 Å². The van der Waals surface area contributed by atoms with Crippen LogP contribution in [-0.4, -0.2) is 24.4 Å². The van der Waals surface area contributed by atoms with E-state index < -0.39 is 10.0 Å². The minimum absolute atomic E-state index is 0.00696. The molecule has 156 valence electrons. The number of benzene rings is 1. The van der Waals surface area contributed by atoms with E-state index in [1.165, 1.54) is 12.3 Å². The largest absolute Gasteiger partial charge is 0.437 e. The van der Waals surface area contributed by atoms with E-state index in [1.807, 2.05) is 32.9 Å². The number of rotatable bonds is 6. The monoisotopic (exact) mass is 443 g/mol. The fourth-order valence-electron chi connectivity index (χ4n) is 3.33. The van der Waals surface area contributed by atoms with Gasteiger partial charge in [0.25, 0.3) is 0 Å². The first kappa shape index (κ1) is 20.8. The zero-order valence-corrected chi connectivity index (χ0v) is 18.5. The van der Waals surface area contributed by atoms with Gasteiger partial charge in [0.1, 0.15) is 10.6 Å². The zero-order valence-electron chi connectivity index (χ0n) is 16.9. The van der Waals surface area contributed by atoms with Crippen LogP contribution in [0, 0.1) is 20.8 Å². The smallest absolute Gasteiger partial charge is 0.246 e. The SMILES string of the molecule is Cc1cc(C)c(Oc2nc(-c3cncc(Cl)c3)ccc2S(=O)(=O)NC2CC2)c(C)c1. The minimum atomic E-state index is -3.77.